The van der Waals surface area contributed by atoms with Gasteiger partial charge in [0, 0.05) is 5.92 Å². The zero-order valence-corrected chi connectivity index (χ0v) is 12.5. The fraction of sp³-hybridized carbons (Fsp3) is 0.929. The molecule has 0 unspecified atom stereocenters. The van der Waals surface area contributed by atoms with Crippen molar-refractivity contribution < 1.29 is 9.53 Å². The van der Waals surface area contributed by atoms with Crippen LogP contribution in [0.15, 0.2) is 0 Å². The highest BCUT2D eigenvalue weighted by molar-refractivity contribution is 6.83. The predicted octanol–water partition coefficient (Wildman–Crippen LogP) is 3.98. The molecule has 3 heteroatoms. The van der Waals surface area contributed by atoms with Crippen molar-refractivity contribution in [2.24, 2.45) is 5.92 Å². The van der Waals surface area contributed by atoms with E-state index in [1.54, 1.807) is 0 Å². The van der Waals surface area contributed by atoms with Crippen LogP contribution in [0.4, 0.5) is 0 Å². The summed E-state index contributed by atoms with van der Waals surface area (Å²) in [6.45, 7) is 6.88. The fourth-order valence-corrected chi connectivity index (χ4v) is 8.84. The molecule has 1 aliphatic heterocycles. The summed E-state index contributed by atoms with van der Waals surface area (Å²) >= 11 is 0. The van der Waals surface area contributed by atoms with Crippen LogP contribution in [0.3, 0.4) is 0 Å². The third-order valence-electron chi connectivity index (χ3n) is 5.48. The second-order valence-electron chi connectivity index (χ2n) is 5.82. The van der Waals surface area contributed by atoms with Crippen molar-refractivity contribution in [2.45, 2.75) is 76.2 Å². The molecule has 0 N–H and O–H groups in total. The Morgan fingerprint density at radius 2 is 1.71 bits per heavy atom. The van der Waals surface area contributed by atoms with E-state index in [9.17, 15) is 4.79 Å². The first kappa shape index (κ1) is 13.1. The van der Waals surface area contributed by atoms with Gasteiger partial charge in [0.1, 0.15) is 6.10 Å². The molecule has 0 aromatic heterocycles. The predicted molar refractivity (Wildman–Crippen MR) is 72.8 cm³/mol. The van der Waals surface area contributed by atoms with Crippen LogP contribution < -0.4 is 0 Å². The first-order chi connectivity index (χ1) is 8.18. The van der Waals surface area contributed by atoms with Gasteiger partial charge >= 0.3 is 5.97 Å². The molecule has 0 amide bonds. The summed E-state index contributed by atoms with van der Waals surface area (Å²) in [5.74, 6) is 0.738. The molecule has 1 saturated heterocycles. The van der Waals surface area contributed by atoms with Gasteiger partial charge in [-0.15, -0.1) is 0 Å². The third kappa shape index (κ3) is 2.07. The van der Waals surface area contributed by atoms with Gasteiger partial charge in [0.2, 0.25) is 0 Å². The van der Waals surface area contributed by atoms with Crippen LogP contribution in [0, 0.1) is 5.92 Å². The van der Waals surface area contributed by atoms with Crippen molar-refractivity contribution in [3.05, 3.63) is 0 Å². The first-order valence-electron chi connectivity index (χ1n) is 7.39. The van der Waals surface area contributed by atoms with Crippen molar-refractivity contribution in [3.8, 4) is 0 Å². The zero-order chi connectivity index (χ0) is 12.5. The lowest BCUT2D eigenvalue weighted by molar-refractivity contribution is -0.142. The molecule has 98 valence electrons. The highest BCUT2D eigenvalue weighted by Gasteiger charge is 2.54. The van der Waals surface area contributed by atoms with E-state index < -0.39 is 8.07 Å². The van der Waals surface area contributed by atoms with E-state index in [0.29, 0.717) is 11.5 Å². The monoisotopic (exact) mass is 254 g/mol. The molecular formula is C14H26O2Si. The van der Waals surface area contributed by atoms with Gasteiger partial charge in [0.15, 0.2) is 0 Å². The topological polar surface area (TPSA) is 26.3 Å². The maximum Gasteiger partial charge on any atom is 0.306 e. The van der Waals surface area contributed by atoms with Crippen LogP contribution in [-0.2, 0) is 9.53 Å². The van der Waals surface area contributed by atoms with Crippen LogP contribution in [0.5, 0.6) is 0 Å². The van der Waals surface area contributed by atoms with Crippen molar-refractivity contribution in [1.82, 2.24) is 0 Å². The Balaban J connectivity index is 2.25. The van der Waals surface area contributed by atoms with Crippen LogP contribution in [-0.4, -0.2) is 20.1 Å². The normalized spacial score (nSPS) is 33.4. The maximum atomic E-state index is 12.3. The van der Waals surface area contributed by atoms with Gasteiger partial charge in [0.25, 0.3) is 0 Å². The molecule has 2 rings (SSSR count). The minimum absolute atomic E-state index is 0.166. The molecule has 0 aromatic carbocycles. The van der Waals surface area contributed by atoms with Crippen LogP contribution in [0.1, 0.15) is 46.5 Å². The standard InChI is InChI=1S/C14H26O2Si/c1-4-17(5-2,6-3)13-11-9-7-8-10-12(11)16-14(13)15/h11-13H,4-10H2,1-3H3/t11-,12-,13+/m0/s1. The number of fused-ring (bicyclic) bond motifs is 1. The van der Waals surface area contributed by atoms with Gasteiger partial charge in [0.05, 0.1) is 13.6 Å². The summed E-state index contributed by atoms with van der Waals surface area (Å²) in [6, 6.07) is 3.72. The highest BCUT2D eigenvalue weighted by Crippen LogP contribution is 2.50. The zero-order valence-electron chi connectivity index (χ0n) is 11.5. The van der Waals surface area contributed by atoms with Gasteiger partial charge in [-0.1, -0.05) is 45.3 Å². The fourth-order valence-electron chi connectivity index (χ4n) is 4.16. The van der Waals surface area contributed by atoms with Crippen molar-refractivity contribution in [1.29, 1.82) is 0 Å². The Kier molecular flexibility index (Phi) is 3.96. The first-order valence-corrected chi connectivity index (χ1v) is 10.1. The summed E-state index contributed by atoms with van der Waals surface area (Å²) in [4.78, 5) is 12.3. The van der Waals surface area contributed by atoms with Crippen LogP contribution >= 0.6 is 0 Å². The molecule has 3 atom stereocenters. The molecule has 2 fully saturated rings. The lowest BCUT2D eigenvalue weighted by Gasteiger charge is -2.37. The maximum absolute atomic E-state index is 12.3. The number of hydrogen-bond acceptors (Lipinski definition) is 2. The second kappa shape index (κ2) is 5.13. The molecule has 1 heterocycles. The van der Waals surface area contributed by atoms with E-state index in [0.717, 1.165) is 6.42 Å². The molecule has 0 radical (unpaired) electrons. The number of hydrogen-bond donors (Lipinski definition) is 0. The number of carbonyl (C=O) groups excluding carboxylic acids is 1. The summed E-state index contributed by atoms with van der Waals surface area (Å²) in [5, 5.41) is 0. The smallest absolute Gasteiger partial charge is 0.306 e. The molecule has 17 heavy (non-hydrogen) atoms. The van der Waals surface area contributed by atoms with E-state index in [-0.39, 0.29) is 12.1 Å². The summed E-state index contributed by atoms with van der Waals surface area (Å²) in [6.07, 6.45) is 5.18. The second-order valence-corrected chi connectivity index (χ2v) is 11.3. The van der Waals surface area contributed by atoms with E-state index in [2.05, 4.69) is 20.8 Å². The van der Waals surface area contributed by atoms with Crippen molar-refractivity contribution in [3.63, 3.8) is 0 Å². The van der Waals surface area contributed by atoms with E-state index >= 15 is 0 Å². The number of ether oxygens (including phenoxy) is 1. The molecule has 2 aliphatic rings. The van der Waals surface area contributed by atoms with Gasteiger partial charge in [-0.25, -0.2) is 0 Å². The quantitative estimate of drug-likeness (QED) is 0.560. The molecule has 0 aromatic rings. The molecule has 0 spiro atoms. The minimum atomic E-state index is -1.43. The summed E-state index contributed by atoms with van der Waals surface area (Å²) in [7, 11) is -1.43. The minimum Gasteiger partial charge on any atom is -0.462 e. The Bertz CT molecular complexity index is 278. The largest absolute Gasteiger partial charge is 0.462 e. The third-order valence-corrected chi connectivity index (χ3v) is 11.7. The molecule has 1 aliphatic carbocycles. The van der Waals surface area contributed by atoms with Gasteiger partial charge < -0.3 is 4.74 Å². The SMILES string of the molecule is CC[Si](CC)(CC)[C@H]1C(=O)O[C@H]2CCCC[C@@H]21. The highest BCUT2D eigenvalue weighted by atomic mass is 28.3. The average Bonchev–Trinajstić information content (AvgIpc) is 2.70. The van der Waals surface area contributed by atoms with Gasteiger partial charge in [-0.3, -0.25) is 4.79 Å². The number of carbonyl (C=O) groups is 1. The Hall–Kier alpha value is -0.313. The van der Waals surface area contributed by atoms with E-state index in [4.69, 9.17) is 4.74 Å². The Morgan fingerprint density at radius 3 is 2.29 bits per heavy atom. The average molecular weight is 254 g/mol. The van der Waals surface area contributed by atoms with E-state index in [1.165, 1.54) is 37.4 Å². The number of esters is 1. The van der Waals surface area contributed by atoms with Crippen LogP contribution in [0.25, 0.3) is 0 Å². The summed E-state index contributed by atoms with van der Waals surface area (Å²) < 4.78 is 5.69. The van der Waals surface area contributed by atoms with Crippen LogP contribution in [0.2, 0.25) is 23.7 Å². The molecule has 2 nitrogen and oxygen atoms in total. The van der Waals surface area contributed by atoms with Gasteiger partial charge in [-0.05, 0) is 19.3 Å². The number of rotatable bonds is 4. The molecule has 1 saturated carbocycles. The van der Waals surface area contributed by atoms with Gasteiger partial charge in [-0.2, -0.15) is 0 Å². The Morgan fingerprint density at radius 1 is 1.12 bits per heavy atom. The van der Waals surface area contributed by atoms with E-state index in [1.807, 2.05) is 0 Å². The van der Waals surface area contributed by atoms with Crippen molar-refractivity contribution in [2.75, 3.05) is 0 Å². The molecule has 0 bridgehead atoms. The Labute approximate surface area is 106 Å². The van der Waals surface area contributed by atoms with Crippen molar-refractivity contribution >= 4 is 14.0 Å². The lowest BCUT2D eigenvalue weighted by Crippen LogP contribution is -2.43. The summed E-state index contributed by atoms with van der Waals surface area (Å²) in [5.41, 5.74) is 0.313. The molecular weight excluding hydrogens is 228 g/mol. The lowest BCUT2D eigenvalue weighted by atomic mass is 9.86.